The SMILES string of the molecule is C[Si]1c2cccc(c2)[Si][Si](C)(C)c2cccc(c2)[Si]1(C)C. The number of benzene rings is 2. The Balaban J connectivity index is 2.26. The van der Waals surface area contributed by atoms with Gasteiger partial charge in [-0.25, -0.2) is 0 Å². The summed E-state index contributed by atoms with van der Waals surface area (Å²) in [6.45, 7) is 12.8. The fraction of sp³-hybridized carbons (Fsp3) is 0.294. The van der Waals surface area contributed by atoms with Gasteiger partial charge in [-0.1, -0.05) is 102 Å². The lowest BCUT2D eigenvalue weighted by Gasteiger charge is -2.33. The second kappa shape index (κ2) is 5.19. The molecule has 1 aliphatic heterocycles. The van der Waals surface area contributed by atoms with Gasteiger partial charge in [0.1, 0.15) is 0 Å². The molecule has 0 aromatic heterocycles. The Kier molecular flexibility index (Phi) is 3.76. The van der Waals surface area contributed by atoms with E-state index in [0.717, 1.165) is 9.04 Å². The van der Waals surface area contributed by atoms with E-state index in [9.17, 15) is 0 Å². The Morgan fingerprint density at radius 2 is 1.52 bits per heavy atom. The molecule has 0 saturated heterocycles. The van der Waals surface area contributed by atoms with Crippen molar-refractivity contribution in [3.63, 3.8) is 0 Å². The van der Waals surface area contributed by atoms with Gasteiger partial charge < -0.3 is 0 Å². The summed E-state index contributed by atoms with van der Waals surface area (Å²) >= 11 is 0. The van der Waals surface area contributed by atoms with Crippen molar-refractivity contribution in [3.05, 3.63) is 48.5 Å². The van der Waals surface area contributed by atoms with E-state index in [2.05, 4.69) is 81.3 Å². The molecular formula is C17H23Si4. The molecule has 1 aliphatic rings. The van der Waals surface area contributed by atoms with Gasteiger partial charge in [0.25, 0.3) is 0 Å². The lowest BCUT2D eigenvalue weighted by molar-refractivity contribution is 1.72. The van der Waals surface area contributed by atoms with E-state index < -0.39 is 23.5 Å². The van der Waals surface area contributed by atoms with Gasteiger partial charge in [-0.05, 0) is 0 Å². The molecule has 1 heterocycles. The normalized spacial score (nSPS) is 20.0. The number of hydrogen-bond donors (Lipinski definition) is 0. The highest BCUT2D eigenvalue weighted by Crippen LogP contribution is 2.11. The second-order valence-electron chi connectivity index (χ2n) is 7.16. The summed E-state index contributed by atoms with van der Waals surface area (Å²) in [5.41, 5.74) is 0. The van der Waals surface area contributed by atoms with Gasteiger partial charge in [0.15, 0.2) is 0 Å². The summed E-state index contributed by atoms with van der Waals surface area (Å²) in [6, 6.07) is 19.3. The highest BCUT2D eigenvalue weighted by atomic mass is 29.2. The van der Waals surface area contributed by atoms with Crippen LogP contribution in [0.15, 0.2) is 48.5 Å². The minimum atomic E-state index is -1.38. The van der Waals surface area contributed by atoms with Crippen LogP contribution in [0, 0.1) is 0 Å². The van der Waals surface area contributed by atoms with Crippen molar-refractivity contribution in [1.82, 2.24) is 0 Å². The fourth-order valence-corrected chi connectivity index (χ4v) is 16.6. The number of rotatable bonds is 0. The summed E-state index contributed by atoms with van der Waals surface area (Å²) < 4.78 is 0. The van der Waals surface area contributed by atoms with Gasteiger partial charge in [-0.15, -0.1) is 0 Å². The fourth-order valence-electron chi connectivity index (χ4n) is 3.14. The largest absolute Gasteiger partial charge is 0.0796 e. The van der Waals surface area contributed by atoms with Crippen LogP contribution in [0.3, 0.4) is 0 Å². The van der Waals surface area contributed by atoms with Crippen LogP contribution in [0.5, 0.6) is 0 Å². The summed E-state index contributed by atoms with van der Waals surface area (Å²) in [4.78, 5) is 0. The third-order valence-electron chi connectivity index (χ3n) is 5.00. The Hall–Kier alpha value is -0.692. The second-order valence-corrected chi connectivity index (χ2v) is 28.0. The molecule has 21 heavy (non-hydrogen) atoms. The highest BCUT2D eigenvalue weighted by molar-refractivity contribution is 7.42. The van der Waals surface area contributed by atoms with Crippen molar-refractivity contribution in [2.75, 3.05) is 0 Å². The first-order chi connectivity index (χ1) is 9.80. The van der Waals surface area contributed by atoms with E-state index in [1.807, 2.05) is 0 Å². The summed E-state index contributed by atoms with van der Waals surface area (Å²) in [5.74, 6) is 0. The Morgan fingerprint density at radius 1 is 0.857 bits per heavy atom. The van der Waals surface area contributed by atoms with Crippen molar-refractivity contribution >= 4 is 53.3 Å². The summed E-state index contributed by atoms with van der Waals surface area (Å²) in [5, 5.41) is 6.57. The van der Waals surface area contributed by atoms with Gasteiger partial charge >= 0.3 is 0 Å². The van der Waals surface area contributed by atoms with Crippen LogP contribution < -0.4 is 20.7 Å². The topological polar surface area (TPSA) is 0 Å². The molecule has 107 valence electrons. The predicted molar refractivity (Wildman–Crippen MR) is 104 cm³/mol. The monoisotopic (exact) mass is 339 g/mol. The van der Waals surface area contributed by atoms with Crippen molar-refractivity contribution < 1.29 is 0 Å². The molecule has 0 atom stereocenters. The first kappa shape index (κ1) is 15.2. The first-order valence-electron chi connectivity index (χ1n) is 7.64. The lowest BCUT2D eigenvalue weighted by Crippen LogP contribution is -2.63. The molecule has 0 nitrogen and oxygen atoms in total. The van der Waals surface area contributed by atoms with E-state index in [-0.39, 0.29) is 0 Å². The molecular weight excluding hydrogens is 317 g/mol. The van der Waals surface area contributed by atoms with E-state index in [1.165, 1.54) is 0 Å². The van der Waals surface area contributed by atoms with Crippen LogP contribution in [-0.2, 0) is 0 Å². The molecule has 0 N–H and O–H groups in total. The molecule has 0 amide bonds. The van der Waals surface area contributed by atoms with Gasteiger partial charge in [0.2, 0.25) is 0 Å². The van der Waals surface area contributed by atoms with Crippen LogP contribution in [0.2, 0.25) is 32.7 Å². The molecule has 0 aliphatic carbocycles. The number of fused-ring (bicyclic) bond motifs is 4. The molecule has 0 spiro atoms. The zero-order valence-corrected chi connectivity index (χ0v) is 17.6. The Morgan fingerprint density at radius 3 is 2.29 bits per heavy atom. The van der Waals surface area contributed by atoms with E-state index in [1.54, 1.807) is 20.7 Å². The van der Waals surface area contributed by atoms with Gasteiger partial charge in [0.05, 0.1) is 32.5 Å². The van der Waals surface area contributed by atoms with Gasteiger partial charge in [0, 0.05) is 0 Å². The summed E-state index contributed by atoms with van der Waals surface area (Å²) in [7, 11) is -2.24. The molecule has 4 heteroatoms. The molecule has 0 fully saturated rings. The van der Waals surface area contributed by atoms with Crippen LogP contribution >= 0.6 is 0 Å². The molecule has 3 radical (unpaired) electrons. The Labute approximate surface area is 134 Å². The summed E-state index contributed by atoms with van der Waals surface area (Å²) in [6.07, 6.45) is 0. The molecule has 2 aromatic carbocycles. The number of hydrogen-bond acceptors (Lipinski definition) is 0. The Bertz CT molecular complexity index is 676. The van der Waals surface area contributed by atoms with E-state index in [4.69, 9.17) is 0 Å². The first-order valence-corrected chi connectivity index (χ1v) is 18.6. The minimum Gasteiger partial charge on any atom is -0.0686 e. The average Bonchev–Trinajstić information content (AvgIpc) is 2.45. The standard InChI is InChI=1S/C17H23Si4/c1-19-15-9-6-8-14(12-15)18-20(2,3)16-10-7-11-17(13-16)21(19,4)5/h6-13H,1-5H3. The predicted octanol–water partition coefficient (Wildman–Crippen LogP) is 1.47. The van der Waals surface area contributed by atoms with Crippen LogP contribution in [0.4, 0.5) is 0 Å². The van der Waals surface area contributed by atoms with Crippen molar-refractivity contribution in [3.8, 4) is 0 Å². The lowest BCUT2D eigenvalue weighted by atomic mass is 10.4. The highest BCUT2D eigenvalue weighted by Gasteiger charge is 2.35. The smallest absolute Gasteiger partial charge is 0.0686 e. The third kappa shape index (κ3) is 2.70. The van der Waals surface area contributed by atoms with Crippen molar-refractivity contribution in [1.29, 1.82) is 0 Å². The van der Waals surface area contributed by atoms with Crippen LogP contribution in [0.1, 0.15) is 0 Å². The van der Waals surface area contributed by atoms with Crippen LogP contribution in [-0.4, -0.2) is 32.5 Å². The molecule has 4 bridgehead atoms. The van der Waals surface area contributed by atoms with Crippen molar-refractivity contribution in [2.45, 2.75) is 32.7 Å². The molecule has 3 rings (SSSR count). The zero-order chi connectivity index (χ0) is 15.3. The van der Waals surface area contributed by atoms with Crippen molar-refractivity contribution in [2.24, 2.45) is 0 Å². The zero-order valence-electron chi connectivity index (χ0n) is 13.6. The van der Waals surface area contributed by atoms with E-state index >= 15 is 0 Å². The molecule has 0 saturated carbocycles. The maximum atomic E-state index is 2.59. The van der Waals surface area contributed by atoms with Crippen LogP contribution in [0.25, 0.3) is 0 Å². The maximum absolute atomic E-state index is 2.59. The third-order valence-corrected chi connectivity index (χ3v) is 23.7. The van der Waals surface area contributed by atoms with E-state index in [0.29, 0.717) is 0 Å². The minimum absolute atomic E-state index is 0.479. The average molecular weight is 340 g/mol. The quantitative estimate of drug-likeness (QED) is 0.638. The molecule has 0 unspecified atom stereocenters. The maximum Gasteiger partial charge on any atom is 0.0796 e. The van der Waals surface area contributed by atoms with Gasteiger partial charge in [-0.2, -0.15) is 0 Å². The molecule has 2 aromatic rings. The van der Waals surface area contributed by atoms with Gasteiger partial charge in [-0.3, -0.25) is 0 Å².